The molecule has 0 bridgehead atoms. The molecule has 146 valence electrons. The first kappa shape index (κ1) is 22.3. The van der Waals surface area contributed by atoms with E-state index in [1.807, 2.05) is 13.8 Å². The van der Waals surface area contributed by atoms with Gasteiger partial charge in [-0.25, -0.2) is 13.1 Å². The molecule has 26 heavy (non-hydrogen) atoms. The Hall–Kier alpha value is -1.75. The van der Waals surface area contributed by atoms with E-state index in [1.54, 1.807) is 14.0 Å². The molecule has 4 N–H and O–H groups in total. The number of benzene rings is 1. The van der Waals surface area contributed by atoms with Gasteiger partial charge in [0.25, 0.3) is 5.91 Å². The minimum absolute atomic E-state index is 0.0144. The van der Waals surface area contributed by atoms with E-state index >= 15 is 0 Å². The molecule has 1 amide bonds. The lowest BCUT2D eigenvalue weighted by Gasteiger charge is -2.16. The molecular formula is C16H26N4O4S2. The fraction of sp³-hybridized carbons (Fsp3) is 0.500. The zero-order valence-corrected chi connectivity index (χ0v) is 17.0. The van der Waals surface area contributed by atoms with E-state index in [-0.39, 0.29) is 22.1 Å². The summed E-state index contributed by atoms with van der Waals surface area (Å²) >= 11 is 5.05. The summed E-state index contributed by atoms with van der Waals surface area (Å²) < 4.78 is 31.9. The number of rotatable bonds is 8. The van der Waals surface area contributed by atoms with Crippen LogP contribution in [0.2, 0.25) is 0 Å². The molecule has 0 aliphatic heterocycles. The molecule has 0 aliphatic carbocycles. The van der Waals surface area contributed by atoms with Crippen LogP contribution in [0, 0.1) is 0 Å². The van der Waals surface area contributed by atoms with Gasteiger partial charge in [-0.2, -0.15) is 0 Å². The number of methoxy groups -OCH3 is 1. The molecule has 0 radical (unpaired) electrons. The smallest absolute Gasteiger partial charge is 0.269 e. The number of sulfonamides is 1. The van der Waals surface area contributed by atoms with Crippen molar-refractivity contribution in [2.24, 2.45) is 0 Å². The Morgan fingerprint density at radius 2 is 1.77 bits per heavy atom. The molecule has 0 saturated carbocycles. The first-order valence-corrected chi connectivity index (χ1v) is 10.1. The van der Waals surface area contributed by atoms with Crippen molar-refractivity contribution in [1.29, 1.82) is 0 Å². The van der Waals surface area contributed by atoms with Crippen molar-refractivity contribution >= 4 is 33.3 Å². The number of carbonyl (C=O) groups excluding carboxylic acids is 1. The van der Waals surface area contributed by atoms with Crippen LogP contribution in [0.3, 0.4) is 0 Å². The maximum atomic E-state index is 12.2. The number of carbonyl (C=O) groups is 1. The van der Waals surface area contributed by atoms with Crippen LogP contribution >= 0.6 is 12.2 Å². The standard InChI is InChI=1S/C16H26N4O4S2/c1-5-11(2)20-26(22,23)14-8-6-13(7-9-14)15(21)18-19-16(25)17-12(3)10-24-4/h6-9,11-12,20H,5,10H2,1-4H3,(H,18,21)(H2,17,19,25)/t11-,12+/m0/s1. The third-order valence-corrected chi connectivity index (χ3v) is 5.30. The zero-order chi connectivity index (χ0) is 19.7. The van der Waals surface area contributed by atoms with Crippen LogP contribution in [-0.2, 0) is 14.8 Å². The topological polar surface area (TPSA) is 109 Å². The van der Waals surface area contributed by atoms with Gasteiger partial charge in [0.05, 0.1) is 11.5 Å². The highest BCUT2D eigenvalue weighted by Crippen LogP contribution is 2.11. The van der Waals surface area contributed by atoms with E-state index in [2.05, 4.69) is 20.9 Å². The van der Waals surface area contributed by atoms with E-state index in [0.717, 1.165) is 0 Å². The largest absolute Gasteiger partial charge is 0.383 e. The highest BCUT2D eigenvalue weighted by molar-refractivity contribution is 7.89. The molecule has 0 heterocycles. The first-order chi connectivity index (χ1) is 12.2. The molecule has 0 unspecified atom stereocenters. The average molecular weight is 403 g/mol. The zero-order valence-electron chi connectivity index (χ0n) is 15.3. The molecule has 8 nitrogen and oxygen atoms in total. The van der Waals surface area contributed by atoms with Gasteiger partial charge in [0.1, 0.15) is 0 Å². The van der Waals surface area contributed by atoms with Gasteiger partial charge in [0.15, 0.2) is 5.11 Å². The third kappa shape index (κ3) is 7.24. The molecule has 0 saturated heterocycles. The summed E-state index contributed by atoms with van der Waals surface area (Å²) in [6.45, 7) is 6.03. The highest BCUT2D eigenvalue weighted by Gasteiger charge is 2.17. The summed E-state index contributed by atoms with van der Waals surface area (Å²) in [5.41, 5.74) is 5.33. The van der Waals surface area contributed by atoms with Crippen molar-refractivity contribution in [1.82, 2.24) is 20.9 Å². The molecule has 0 spiro atoms. The van der Waals surface area contributed by atoms with Crippen molar-refractivity contribution in [3.05, 3.63) is 29.8 Å². The second kappa shape index (κ2) is 10.4. The van der Waals surface area contributed by atoms with Crippen molar-refractivity contribution in [3.63, 3.8) is 0 Å². The van der Waals surface area contributed by atoms with E-state index in [4.69, 9.17) is 17.0 Å². The summed E-state index contributed by atoms with van der Waals surface area (Å²) in [5, 5.41) is 3.18. The Bertz CT molecular complexity index is 707. The average Bonchev–Trinajstić information content (AvgIpc) is 2.59. The molecule has 2 atom stereocenters. The van der Waals surface area contributed by atoms with Crippen LogP contribution in [0.5, 0.6) is 0 Å². The van der Waals surface area contributed by atoms with Crippen molar-refractivity contribution in [3.8, 4) is 0 Å². The summed E-state index contributed by atoms with van der Waals surface area (Å²) in [6.07, 6.45) is 0.683. The van der Waals surface area contributed by atoms with E-state index in [0.29, 0.717) is 18.6 Å². The fourth-order valence-electron chi connectivity index (χ4n) is 1.94. The minimum atomic E-state index is -3.60. The Kier molecular flexibility index (Phi) is 8.93. The number of amides is 1. The van der Waals surface area contributed by atoms with Crippen molar-refractivity contribution in [2.45, 2.75) is 44.2 Å². The van der Waals surface area contributed by atoms with Crippen molar-refractivity contribution in [2.75, 3.05) is 13.7 Å². The molecule has 1 rings (SSSR count). The van der Waals surface area contributed by atoms with Crippen LogP contribution in [0.1, 0.15) is 37.6 Å². The normalized spacial score (nSPS) is 13.5. The van der Waals surface area contributed by atoms with E-state index < -0.39 is 15.9 Å². The number of hydrogen-bond acceptors (Lipinski definition) is 5. The Balaban J connectivity index is 2.63. The van der Waals surface area contributed by atoms with Gasteiger partial charge in [-0.05, 0) is 56.8 Å². The first-order valence-electron chi connectivity index (χ1n) is 8.17. The molecule has 0 aromatic heterocycles. The second-order valence-electron chi connectivity index (χ2n) is 5.86. The SMILES string of the molecule is CC[C@H](C)NS(=O)(=O)c1ccc(C(=O)NNC(=S)N[C@H](C)COC)cc1. The van der Waals surface area contributed by atoms with Crippen LogP contribution in [-0.4, -0.2) is 45.2 Å². The third-order valence-electron chi connectivity index (χ3n) is 3.48. The minimum Gasteiger partial charge on any atom is -0.383 e. The van der Waals surface area contributed by atoms with Gasteiger partial charge < -0.3 is 10.1 Å². The Labute approximate surface area is 160 Å². The summed E-state index contributed by atoms with van der Waals surface area (Å²) in [5.74, 6) is -0.438. The van der Waals surface area contributed by atoms with Crippen LogP contribution in [0.25, 0.3) is 0 Å². The monoisotopic (exact) mass is 402 g/mol. The summed E-state index contributed by atoms with van der Waals surface area (Å²) in [6, 6.07) is 5.46. The molecule has 1 aromatic rings. The van der Waals surface area contributed by atoms with Crippen LogP contribution in [0.4, 0.5) is 0 Å². The molecule has 10 heteroatoms. The fourth-order valence-corrected chi connectivity index (χ4v) is 3.52. The highest BCUT2D eigenvalue weighted by atomic mass is 32.2. The number of ether oxygens (including phenoxy) is 1. The number of nitrogens with one attached hydrogen (secondary N) is 4. The number of hydrogen-bond donors (Lipinski definition) is 4. The van der Waals surface area contributed by atoms with Crippen molar-refractivity contribution < 1.29 is 17.9 Å². The maximum absolute atomic E-state index is 12.2. The molecular weight excluding hydrogens is 376 g/mol. The number of thiocarbonyl (C=S) groups is 1. The molecule has 0 fully saturated rings. The van der Waals surface area contributed by atoms with E-state index in [9.17, 15) is 13.2 Å². The predicted molar refractivity (Wildman–Crippen MR) is 104 cm³/mol. The lowest BCUT2D eigenvalue weighted by atomic mass is 10.2. The predicted octanol–water partition coefficient (Wildman–Crippen LogP) is 0.907. The Morgan fingerprint density at radius 1 is 1.15 bits per heavy atom. The lowest BCUT2D eigenvalue weighted by Crippen LogP contribution is -2.49. The van der Waals surface area contributed by atoms with Gasteiger partial charge in [0, 0.05) is 24.8 Å². The van der Waals surface area contributed by atoms with Gasteiger partial charge in [0.2, 0.25) is 10.0 Å². The summed E-state index contributed by atoms with van der Waals surface area (Å²) in [4.78, 5) is 12.2. The summed E-state index contributed by atoms with van der Waals surface area (Å²) in [7, 11) is -2.02. The number of hydrazine groups is 1. The van der Waals surface area contributed by atoms with Crippen LogP contribution in [0.15, 0.2) is 29.2 Å². The van der Waals surface area contributed by atoms with Gasteiger partial charge in [-0.1, -0.05) is 6.92 Å². The molecule has 0 aliphatic rings. The Morgan fingerprint density at radius 3 is 2.31 bits per heavy atom. The van der Waals surface area contributed by atoms with Gasteiger partial charge >= 0.3 is 0 Å². The lowest BCUT2D eigenvalue weighted by molar-refractivity contribution is 0.0943. The second-order valence-corrected chi connectivity index (χ2v) is 7.99. The van der Waals surface area contributed by atoms with E-state index in [1.165, 1.54) is 24.3 Å². The molecule has 1 aromatic carbocycles. The van der Waals surface area contributed by atoms with Gasteiger partial charge in [-0.15, -0.1) is 0 Å². The quantitative estimate of drug-likeness (QED) is 0.378. The van der Waals surface area contributed by atoms with Gasteiger partial charge in [-0.3, -0.25) is 15.6 Å². The van der Waals surface area contributed by atoms with Crippen LogP contribution < -0.4 is 20.9 Å². The maximum Gasteiger partial charge on any atom is 0.269 e.